The molecule has 10 heteroatoms. The monoisotopic (exact) mass is 303 g/mol. The highest BCUT2D eigenvalue weighted by Crippen LogP contribution is 2.25. The molecule has 0 fully saturated rings. The van der Waals surface area contributed by atoms with Crippen molar-refractivity contribution in [1.29, 1.82) is 0 Å². The molecule has 20 heavy (non-hydrogen) atoms. The van der Waals surface area contributed by atoms with Crippen molar-refractivity contribution in [2.45, 2.75) is 0 Å². The predicted octanol–water partition coefficient (Wildman–Crippen LogP) is 0.254. The van der Waals surface area contributed by atoms with Gasteiger partial charge in [0.15, 0.2) is 0 Å². The average Bonchev–Trinajstić information content (AvgIpc) is 2.33. The first-order valence-electron chi connectivity index (χ1n) is 5.41. The van der Waals surface area contributed by atoms with Crippen LogP contribution in [0, 0.1) is 10.1 Å². The molecule has 9 nitrogen and oxygen atoms in total. The molecule has 1 aromatic rings. The van der Waals surface area contributed by atoms with E-state index in [0.717, 1.165) is 24.5 Å². The first-order valence-corrected chi connectivity index (χ1v) is 7.30. The summed E-state index contributed by atoms with van der Waals surface area (Å²) in [6, 6.07) is 3.33. The molecule has 0 aliphatic rings. The maximum absolute atomic E-state index is 10.8. The molecular formula is C10H13N3O6S. The van der Waals surface area contributed by atoms with Crippen LogP contribution in [0.4, 0.5) is 11.4 Å². The molecule has 0 spiro atoms. The van der Waals surface area contributed by atoms with Crippen LogP contribution >= 0.6 is 0 Å². The topological polar surface area (TPSA) is 139 Å². The highest BCUT2D eigenvalue weighted by Gasteiger charge is 2.16. The lowest BCUT2D eigenvalue weighted by atomic mass is 10.1. The Morgan fingerprint density at radius 1 is 1.40 bits per heavy atom. The van der Waals surface area contributed by atoms with Gasteiger partial charge in [-0.3, -0.25) is 10.1 Å². The van der Waals surface area contributed by atoms with Gasteiger partial charge >= 0.3 is 5.97 Å². The fourth-order valence-corrected chi connectivity index (χ4v) is 1.88. The Labute approximate surface area is 114 Å². The molecule has 0 radical (unpaired) electrons. The zero-order valence-electron chi connectivity index (χ0n) is 10.5. The number of carboxylic acid groups (broad SMARTS) is 1. The van der Waals surface area contributed by atoms with Crippen molar-refractivity contribution in [2.75, 3.05) is 24.7 Å². The number of nitro groups is 1. The van der Waals surface area contributed by atoms with Gasteiger partial charge in [-0.2, -0.15) is 0 Å². The second-order valence-electron chi connectivity index (χ2n) is 3.89. The van der Waals surface area contributed by atoms with Gasteiger partial charge in [0, 0.05) is 19.2 Å². The standard InChI is InChI=1S/C10H13N3O6S/c1-20(18,19)12-5-4-11-8-6-7(10(14)15)2-3-9(8)13(16)17/h2-3,6,11-12H,4-5H2,1H3,(H,14,15). The predicted molar refractivity (Wildman–Crippen MR) is 71.4 cm³/mol. The van der Waals surface area contributed by atoms with Gasteiger partial charge < -0.3 is 10.4 Å². The summed E-state index contributed by atoms with van der Waals surface area (Å²) in [7, 11) is -3.34. The molecule has 1 aromatic carbocycles. The Morgan fingerprint density at radius 2 is 2.05 bits per heavy atom. The van der Waals surface area contributed by atoms with Crippen molar-refractivity contribution in [1.82, 2.24) is 4.72 Å². The molecule has 0 unspecified atom stereocenters. The summed E-state index contributed by atoms with van der Waals surface area (Å²) in [4.78, 5) is 21.0. The molecule has 0 bridgehead atoms. The number of nitrogens with one attached hydrogen (secondary N) is 2. The van der Waals surface area contributed by atoms with Crippen LogP contribution in [0.15, 0.2) is 18.2 Å². The van der Waals surface area contributed by atoms with E-state index in [4.69, 9.17) is 5.11 Å². The summed E-state index contributed by atoms with van der Waals surface area (Å²) in [5.74, 6) is -1.21. The molecule has 0 heterocycles. The molecule has 0 aromatic heterocycles. The number of nitrogens with zero attached hydrogens (tertiary/aromatic N) is 1. The first kappa shape index (κ1) is 15.9. The Balaban J connectivity index is 2.83. The minimum Gasteiger partial charge on any atom is -0.478 e. The molecule has 1 rings (SSSR count). The Bertz CT molecular complexity index is 628. The van der Waals surface area contributed by atoms with Gasteiger partial charge in [0.05, 0.1) is 16.7 Å². The largest absolute Gasteiger partial charge is 0.478 e. The van der Waals surface area contributed by atoms with Crippen LogP contribution in [0.5, 0.6) is 0 Å². The lowest BCUT2D eigenvalue weighted by molar-refractivity contribution is -0.384. The van der Waals surface area contributed by atoms with Crippen molar-refractivity contribution in [3.8, 4) is 0 Å². The van der Waals surface area contributed by atoms with Crippen molar-refractivity contribution in [3.05, 3.63) is 33.9 Å². The van der Waals surface area contributed by atoms with E-state index in [1.165, 1.54) is 0 Å². The second-order valence-corrected chi connectivity index (χ2v) is 5.72. The Kier molecular flexibility index (Phi) is 5.00. The van der Waals surface area contributed by atoms with E-state index in [9.17, 15) is 23.3 Å². The molecule has 0 saturated heterocycles. The van der Waals surface area contributed by atoms with E-state index in [0.29, 0.717) is 0 Å². The smallest absolute Gasteiger partial charge is 0.335 e. The van der Waals surface area contributed by atoms with Gasteiger partial charge in [0.1, 0.15) is 5.69 Å². The number of sulfonamides is 1. The summed E-state index contributed by atoms with van der Waals surface area (Å²) in [5.41, 5.74) is -0.367. The maximum atomic E-state index is 10.8. The second kappa shape index (κ2) is 6.30. The summed E-state index contributed by atoms with van der Waals surface area (Å²) >= 11 is 0. The lowest BCUT2D eigenvalue weighted by Crippen LogP contribution is -2.27. The van der Waals surface area contributed by atoms with Crippen molar-refractivity contribution in [2.24, 2.45) is 0 Å². The van der Waals surface area contributed by atoms with Gasteiger partial charge in [-0.1, -0.05) is 0 Å². The number of aromatic carboxylic acids is 1. The molecule has 0 amide bonds. The van der Waals surface area contributed by atoms with E-state index < -0.39 is 20.9 Å². The van der Waals surface area contributed by atoms with Gasteiger partial charge in [0.2, 0.25) is 10.0 Å². The molecule has 0 saturated carbocycles. The number of hydrogen-bond donors (Lipinski definition) is 3. The molecule has 0 aliphatic carbocycles. The molecule has 110 valence electrons. The molecule has 0 atom stereocenters. The third-order valence-electron chi connectivity index (χ3n) is 2.24. The van der Waals surface area contributed by atoms with Crippen LogP contribution in [0.1, 0.15) is 10.4 Å². The molecule has 0 aliphatic heterocycles. The fraction of sp³-hybridized carbons (Fsp3) is 0.300. The zero-order valence-corrected chi connectivity index (χ0v) is 11.3. The number of hydrogen-bond acceptors (Lipinski definition) is 6. The normalized spacial score (nSPS) is 11.1. The van der Waals surface area contributed by atoms with Crippen LogP contribution < -0.4 is 10.0 Å². The van der Waals surface area contributed by atoms with E-state index >= 15 is 0 Å². The van der Waals surface area contributed by atoms with Crippen molar-refractivity contribution < 1.29 is 23.2 Å². The van der Waals surface area contributed by atoms with Crippen LogP contribution in [-0.2, 0) is 10.0 Å². The zero-order chi connectivity index (χ0) is 15.3. The summed E-state index contributed by atoms with van der Waals surface area (Å²) < 4.78 is 23.9. The van der Waals surface area contributed by atoms with Crippen LogP contribution in [0.3, 0.4) is 0 Å². The number of carboxylic acids is 1. The Morgan fingerprint density at radius 3 is 2.55 bits per heavy atom. The van der Waals surface area contributed by atoms with Crippen LogP contribution in [0.2, 0.25) is 0 Å². The summed E-state index contributed by atoms with van der Waals surface area (Å²) in [6.07, 6.45) is 0.987. The molecule has 3 N–H and O–H groups in total. The number of nitro benzene ring substituents is 1. The minimum atomic E-state index is -3.34. The first-order chi connectivity index (χ1) is 9.20. The van der Waals surface area contributed by atoms with Gasteiger partial charge in [0.25, 0.3) is 5.69 Å². The third-order valence-corrected chi connectivity index (χ3v) is 2.97. The summed E-state index contributed by atoms with van der Waals surface area (Å²) in [5, 5.41) is 22.3. The van der Waals surface area contributed by atoms with E-state index in [1.807, 2.05) is 0 Å². The number of carbonyl (C=O) groups is 1. The van der Waals surface area contributed by atoms with Crippen LogP contribution in [0.25, 0.3) is 0 Å². The quantitative estimate of drug-likeness (QED) is 0.373. The highest BCUT2D eigenvalue weighted by molar-refractivity contribution is 7.88. The van der Waals surface area contributed by atoms with Crippen molar-refractivity contribution >= 4 is 27.4 Å². The maximum Gasteiger partial charge on any atom is 0.335 e. The Hall–Kier alpha value is -2.20. The SMILES string of the molecule is CS(=O)(=O)NCCNc1cc(C(=O)O)ccc1[N+](=O)[O-]. The van der Waals surface area contributed by atoms with E-state index in [-0.39, 0.29) is 30.0 Å². The fourth-order valence-electron chi connectivity index (χ4n) is 1.40. The van der Waals surface area contributed by atoms with Crippen LogP contribution in [-0.4, -0.2) is 43.8 Å². The highest BCUT2D eigenvalue weighted by atomic mass is 32.2. The number of anilines is 1. The average molecular weight is 303 g/mol. The van der Waals surface area contributed by atoms with Crippen molar-refractivity contribution in [3.63, 3.8) is 0 Å². The van der Waals surface area contributed by atoms with Gasteiger partial charge in [-0.25, -0.2) is 17.9 Å². The third kappa shape index (κ3) is 4.82. The lowest BCUT2D eigenvalue weighted by Gasteiger charge is -2.08. The van der Waals surface area contributed by atoms with E-state index in [2.05, 4.69) is 10.0 Å². The van der Waals surface area contributed by atoms with Gasteiger partial charge in [-0.15, -0.1) is 0 Å². The van der Waals surface area contributed by atoms with E-state index in [1.54, 1.807) is 0 Å². The number of rotatable bonds is 7. The summed E-state index contributed by atoms with van der Waals surface area (Å²) in [6.45, 7) is 0.101. The number of benzene rings is 1. The van der Waals surface area contributed by atoms with Gasteiger partial charge in [-0.05, 0) is 12.1 Å². The minimum absolute atomic E-state index is 0.0187. The molecular weight excluding hydrogens is 290 g/mol.